The van der Waals surface area contributed by atoms with Gasteiger partial charge in [-0.2, -0.15) is 0 Å². The first-order valence-corrected chi connectivity index (χ1v) is 6.31. The van der Waals surface area contributed by atoms with Crippen LogP contribution in [0.15, 0.2) is 18.3 Å². The van der Waals surface area contributed by atoms with Gasteiger partial charge in [0.1, 0.15) is 0 Å². The molecule has 0 spiro atoms. The van der Waals surface area contributed by atoms with Crippen LogP contribution in [-0.2, 0) is 4.79 Å². The highest BCUT2D eigenvalue weighted by molar-refractivity contribution is 5.96. The number of carbonyl (C=O) groups is 2. The molecule has 0 aromatic carbocycles. The predicted molar refractivity (Wildman–Crippen MR) is 71.7 cm³/mol. The Bertz CT molecular complexity index is 435. The number of amides is 1. The standard InChI is InChI=1S/C13H19N3O3/c14-10-6-5-9-15-12(10)13(19)16-8-4-2-1-3-7-11(17)18/h5-6,9H,1-4,7-8,14H2,(H,16,19)(H,17,18). The number of carboxylic acids is 1. The van der Waals surface area contributed by atoms with E-state index < -0.39 is 5.97 Å². The van der Waals surface area contributed by atoms with Crippen molar-refractivity contribution in [3.63, 3.8) is 0 Å². The number of pyridine rings is 1. The van der Waals surface area contributed by atoms with Crippen molar-refractivity contribution in [2.75, 3.05) is 12.3 Å². The maximum absolute atomic E-state index is 11.7. The lowest BCUT2D eigenvalue weighted by molar-refractivity contribution is -0.137. The van der Waals surface area contributed by atoms with Gasteiger partial charge in [-0.15, -0.1) is 0 Å². The van der Waals surface area contributed by atoms with Crippen molar-refractivity contribution in [2.24, 2.45) is 0 Å². The summed E-state index contributed by atoms with van der Waals surface area (Å²) in [6.07, 6.45) is 4.97. The first-order valence-electron chi connectivity index (χ1n) is 6.31. The summed E-state index contributed by atoms with van der Waals surface area (Å²) in [5, 5.41) is 11.2. The Labute approximate surface area is 112 Å². The first-order chi connectivity index (χ1) is 9.11. The van der Waals surface area contributed by atoms with Crippen molar-refractivity contribution in [1.29, 1.82) is 0 Å². The zero-order chi connectivity index (χ0) is 14.1. The van der Waals surface area contributed by atoms with E-state index in [1.807, 2.05) is 0 Å². The summed E-state index contributed by atoms with van der Waals surface area (Å²) in [5.74, 6) is -1.04. The lowest BCUT2D eigenvalue weighted by Gasteiger charge is -2.06. The third kappa shape index (κ3) is 5.85. The second kappa shape index (κ2) is 8.07. The summed E-state index contributed by atoms with van der Waals surface area (Å²) in [7, 11) is 0. The lowest BCUT2D eigenvalue weighted by atomic mass is 10.1. The van der Waals surface area contributed by atoms with Crippen LogP contribution in [0.5, 0.6) is 0 Å². The normalized spacial score (nSPS) is 10.1. The Morgan fingerprint density at radius 3 is 2.68 bits per heavy atom. The van der Waals surface area contributed by atoms with E-state index in [2.05, 4.69) is 10.3 Å². The minimum absolute atomic E-state index is 0.205. The minimum atomic E-state index is -0.765. The summed E-state index contributed by atoms with van der Waals surface area (Å²) in [6.45, 7) is 0.544. The van der Waals surface area contributed by atoms with Crippen molar-refractivity contribution in [3.8, 4) is 0 Å². The number of aliphatic carboxylic acids is 1. The fourth-order valence-corrected chi connectivity index (χ4v) is 1.65. The first kappa shape index (κ1) is 14.9. The lowest BCUT2D eigenvalue weighted by Crippen LogP contribution is -2.26. The van der Waals surface area contributed by atoms with Crippen molar-refractivity contribution < 1.29 is 14.7 Å². The molecule has 0 atom stereocenters. The van der Waals surface area contributed by atoms with E-state index >= 15 is 0 Å². The maximum Gasteiger partial charge on any atom is 0.303 e. The second-order valence-corrected chi connectivity index (χ2v) is 4.26. The molecule has 0 aliphatic rings. The van der Waals surface area contributed by atoms with Crippen LogP contribution in [0.4, 0.5) is 5.69 Å². The highest BCUT2D eigenvalue weighted by atomic mass is 16.4. The molecule has 1 rings (SSSR count). The van der Waals surface area contributed by atoms with Crippen LogP contribution in [0.25, 0.3) is 0 Å². The zero-order valence-corrected chi connectivity index (χ0v) is 10.8. The van der Waals surface area contributed by atoms with E-state index in [-0.39, 0.29) is 18.0 Å². The number of nitrogens with two attached hydrogens (primary N) is 1. The number of nitrogen functional groups attached to an aromatic ring is 1. The molecule has 1 aromatic heterocycles. The number of anilines is 1. The molecule has 104 valence electrons. The summed E-state index contributed by atoms with van der Waals surface area (Å²) in [4.78, 5) is 25.9. The molecule has 0 saturated carbocycles. The van der Waals surface area contributed by atoms with Crippen LogP contribution in [-0.4, -0.2) is 28.5 Å². The topological polar surface area (TPSA) is 105 Å². The fraction of sp³-hybridized carbons (Fsp3) is 0.462. The third-order valence-electron chi connectivity index (χ3n) is 2.66. The summed E-state index contributed by atoms with van der Waals surface area (Å²) in [5.41, 5.74) is 6.25. The number of aromatic nitrogens is 1. The van der Waals surface area contributed by atoms with Crippen LogP contribution in [0.1, 0.15) is 42.6 Å². The monoisotopic (exact) mass is 265 g/mol. The number of rotatable bonds is 8. The second-order valence-electron chi connectivity index (χ2n) is 4.26. The van der Waals surface area contributed by atoms with Crippen LogP contribution < -0.4 is 11.1 Å². The molecule has 0 saturated heterocycles. The molecule has 1 heterocycles. The molecule has 1 amide bonds. The Morgan fingerprint density at radius 2 is 2.00 bits per heavy atom. The van der Waals surface area contributed by atoms with Gasteiger partial charge in [0, 0.05) is 19.2 Å². The van der Waals surface area contributed by atoms with Crippen molar-refractivity contribution in [1.82, 2.24) is 10.3 Å². The molecular formula is C13H19N3O3. The van der Waals surface area contributed by atoms with Gasteiger partial charge in [-0.25, -0.2) is 4.98 Å². The summed E-state index contributed by atoms with van der Waals surface area (Å²) in [6, 6.07) is 3.31. The van der Waals surface area contributed by atoms with Gasteiger partial charge in [0.25, 0.3) is 5.91 Å². The highest BCUT2D eigenvalue weighted by Crippen LogP contribution is 2.06. The molecule has 0 aliphatic carbocycles. The SMILES string of the molecule is Nc1cccnc1C(=O)NCCCCCCC(=O)O. The molecular weight excluding hydrogens is 246 g/mol. The Morgan fingerprint density at radius 1 is 1.26 bits per heavy atom. The third-order valence-corrected chi connectivity index (χ3v) is 2.66. The minimum Gasteiger partial charge on any atom is -0.481 e. The molecule has 0 radical (unpaired) electrons. The average molecular weight is 265 g/mol. The number of hydrogen-bond acceptors (Lipinski definition) is 4. The van der Waals surface area contributed by atoms with Crippen LogP contribution >= 0.6 is 0 Å². The molecule has 0 unspecified atom stereocenters. The van der Waals surface area contributed by atoms with Gasteiger partial charge >= 0.3 is 5.97 Å². The fourth-order valence-electron chi connectivity index (χ4n) is 1.65. The van der Waals surface area contributed by atoms with E-state index in [1.54, 1.807) is 12.1 Å². The maximum atomic E-state index is 11.7. The van der Waals surface area contributed by atoms with Gasteiger partial charge in [-0.1, -0.05) is 12.8 Å². The number of unbranched alkanes of at least 4 members (excludes halogenated alkanes) is 3. The quantitative estimate of drug-likeness (QED) is 0.616. The summed E-state index contributed by atoms with van der Waals surface area (Å²) >= 11 is 0. The van der Waals surface area contributed by atoms with E-state index in [0.29, 0.717) is 18.7 Å². The largest absolute Gasteiger partial charge is 0.481 e. The molecule has 1 aromatic rings. The van der Waals surface area contributed by atoms with Crippen molar-refractivity contribution >= 4 is 17.6 Å². The van der Waals surface area contributed by atoms with Crippen molar-refractivity contribution in [3.05, 3.63) is 24.0 Å². The smallest absolute Gasteiger partial charge is 0.303 e. The van der Waals surface area contributed by atoms with Crippen molar-refractivity contribution in [2.45, 2.75) is 32.1 Å². The number of nitrogens with one attached hydrogen (secondary N) is 1. The zero-order valence-electron chi connectivity index (χ0n) is 10.8. The van der Waals surface area contributed by atoms with E-state index in [0.717, 1.165) is 19.3 Å². The molecule has 0 aliphatic heterocycles. The number of nitrogens with zero attached hydrogens (tertiary/aromatic N) is 1. The van der Waals surface area contributed by atoms with Gasteiger partial charge in [0.15, 0.2) is 5.69 Å². The van der Waals surface area contributed by atoms with Gasteiger partial charge in [0.2, 0.25) is 0 Å². The molecule has 0 fully saturated rings. The predicted octanol–water partition coefficient (Wildman–Crippen LogP) is 1.43. The van der Waals surface area contributed by atoms with E-state index in [1.165, 1.54) is 6.20 Å². The highest BCUT2D eigenvalue weighted by Gasteiger charge is 2.09. The Balaban J connectivity index is 2.15. The Hall–Kier alpha value is -2.11. The molecule has 4 N–H and O–H groups in total. The van der Waals surface area contributed by atoms with Crippen LogP contribution in [0.2, 0.25) is 0 Å². The van der Waals surface area contributed by atoms with Gasteiger partial charge in [-0.3, -0.25) is 9.59 Å². The molecule has 6 heteroatoms. The number of carboxylic acid groups (broad SMARTS) is 1. The Kier molecular flexibility index (Phi) is 6.35. The van der Waals surface area contributed by atoms with E-state index in [4.69, 9.17) is 10.8 Å². The van der Waals surface area contributed by atoms with Gasteiger partial charge in [0.05, 0.1) is 5.69 Å². The number of carbonyl (C=O) groups excluding carboxylic acids is 1. The van der Waals surface area contributed by atoms with E-state index in [9.17, 15) is 9.59 Å². The van der Waals surface area contributed by atoms with Gasteiger partial charge in [-0.05, 0) is 25.0 Å². The van der Waals surface area contributed by atoms with Crippen LogP contribution in [0, 0.1) is 0 Å². The van der Waals surface area contributed by atoms with Crippen LogP contribution in [0.3, 0.4) is 0 Å². The van der Waals surface area contributed by atoms with Gasteiger partial charge < -0.3 is 16.2 Å². The number of hydrogen-bond donors (Lipinski definition) is 3. The molecule has 19 heavy (non-hydrogen) atoms. The summed E-state index contributed by atoms with van der Waals surface area (Å²) < 4.78 is 0. The average Bonchev–Trinajstić information content (AvgIpc) is 2.37. The molecule has 6 nitrogen and oxygen atoms in total. The molecule has 0 bridgehead atoms.